The fourth-order valence-electron chi connectivity index (χ4n) is 2.66. The standard InChI is InChI=1S/C19H24N2O5S/c1-13(12-26-3)20-18-10-9-16(11-17(18)19(22)23)27(24,25)21-14(2)15-7-5-4-6-8-15/h4-11,13-14,20-21H,12H2,1-3H3,(H,22,23)/t13-,14+/m0/s1. The molecule has 0 saturated heterocycles. The van der Waals surface area contributed by atoms with Gasteiger partial charge in [-0.15, -0.1) is 0 Å². The predicted octanol–water partition coefficient (Wildman–Crippen LogP) is 2.87. The van der Waals surface area contributed by atoms with Crippen molar-refractivity contribution in [2.24, 2.45) is 0 Å². The summed E-state index contributed by atoms with van der Waals surface area (Å²) in [5.74, 6) is -1.21. The van der Waals surface area contributed by atoms with Crippen LogP contribution in [0.2, 0.25) is 0 Å². The zero-order valence-corrected chi connectivity index (χ0v) is 16.3. The van der Waals surface area contributed by atoms with E-state index < -0.39 is 22.0 Å². The van der Waals surface area contributed by atoms with E-state index in [1.807, 2.05) is 37.3 Å². The number of sulfonamides is 1. The molecule has 0 bridgehead atoms. The summed E-state index contributed by atoms with van der Waals surface area (Å²) in [5.41, 5.74) is 1.03. The van der Waals surface area contributed by atoms with Gasteiger partial charge < -0.3 is 15.2 Å². The first-order chi connectivity index (χ1) is 12.7. The number of nitrogens with one attached hydrogen (secondary N) is 2. The number of anilines is 1. The molecule has 7 nitrogen and oxygen atoms in total. The maximum atomic E-state index is 12.7. The van der Waals surface area contributed by atoms with E-state index in [4.69, 9.17) is 4.74 Å². The second-order valence-electron chi connectivity index (χ2n) is 6.27. The molecule has 3 N–H and O–H groups in total. The SMILES string of the molecule is COC[C@H](C)Nc1ccc(S(=O)(=O)N[C@H](C)c2ccccc2)cc1C(=O)O. The van der Waals surface area contributed by atoms with E-state index in [0.29, 0.717) is 12.3 Å². The molecule has 2 aromatic carbocycles. The van der Waals surface area contributed by atoms with Crippen LogP contribution in [0, 0.1) is 0 Å². The van der Waals surface area contributed by atoms with Crippen molar-refractivity contribution in [3.8, 4) is 0 Å². The Morgan fingerprint density at radius 3 is 2.41 bits per heavy atom. The molecule has 0 aliphatic carbocycles. The van der Waals surface area contributed by atoms with Gasteiger partial charge in [-0.25, -0.2) is 17.9 Å². The fourth-order valence-corrected chi connectivity index (χ4v) is 3.92. The number of hydrogen-bond donors (Lipinski definition) is 3. The second-order valence-corrected chi connectivity index (χ2v) is 7.98. The zero-order chi connectivity index (χ0) is 20.0. The van der Waals surface area contributed by atoms with Gasteiger partial charge in [-0.1, -0.05) is 30.3 Å². The normalized spacial score (nSPS) is 13.7. The average Bonchev–Trinajstić information content (AvgIpc) is 2.62. The summed E-state index contributed by atoms with van der Waals surface area (Å²) in [6.45, 7) is 3.95. The molecule has 2 aromatic rings. The van der Waals surface area contributed by atoms with E-state index >= 15 is 0 Å². The molecule has 2 rings (SSSR count). The van der Waals surface area contributed by atoms with E-state index in [1.54, 1.807) is 14.0 Å². The molecule has 2 atom stereocenters. The van der Waals surface area contributed by atoms with Crippen LogP contribution in [-0.4, -0.2) is 39.3 Å². The van der Waals surface area contributed by atoms with E-state index in [9.17, 15) is 18.3 Å². The molecule has 0 aliphatic heterocycles. The summed E-state index contributed by atoms with van der Waals surface area (Å²) in [4.78, 5) is 11.5. The number of carbonyl (C=O) groups is 1. The summed E-state index contributed by atoms with van der Waals surface area (Å²) in [6.07, 6.45) is 0. The van der Waals surface area contributed by atoms with Crippen LogP contribution in [0.3, 0.4) is 0 Å². The highest BCUT2D eigenvalue weighted by Crippen LogP contribution is 2.23. The minimum atomic E-state index is -3.88. The third-order valence-electron chi connectivity index (χ3n) is 3.98. The number of hydrogen-bond acceptors (Lipinski definition) is 5. The summed E-state index contributed by atoms with van der Waals surface area (Å²) in [6, 6.07) is 12.5. The summed E-state index contributed by atoms with van der Waals surface area (Å²) < 4.78 is 33.0. The first-order valence-electron chi connectivity index (χ1n) is 8.44. The van der Waals surface area contributed by atoms with Crippen molar-refractivity contribution in [2.45, 2.75) is 30.8 Å². The lowest BCUT2D eigenvalue weighted by molar-refractivity contribution is 0.0697. The highest BCUT2D eigenvalue weighted by Gasteiger charge is 2.22. The quantitative estimate of drug-likeness (QED) is 0.606. The molecule has 0 unspecified atom stereocenters. The van der Waals surface area contributed by atoms with Crippen LogP contribution in [0.5, 0.6) is 0 Å². The maximum absolute atomic E-state index is 12.7. The zero-order valence-electron chi connectivity index (χ0n) is 15.5. The van der Waals surface area contributed by atoms with Crippen LogP contribution >= 0.6 is 0 Å². The Hall–Kier alpha value is -2.42. The lowest BCUT2D eigenvalue weighted by Crippen LogP contribution is -2.27. The Kier molecular flexibility index (Phi) is 6.95. The van der Waals surface area contributed by atoms with Crippen molar-refractivity contribution in [3.05, 3.63) is 59.7 Å². The van der Waals surface area contributed by atoms with Crippen LogP contribution in [0.25, 0.3) is 0 Å². The van der Waals surface area contributed by atoms with Crippen LogP contribution in [0.1, 0.15) is 35.8 Å². The smallest absolute Gasteiger partial charge is 0.337 e. The van der Waals surface area contributed by atoms with E-state index in [0.717, 1.165) is 11.6 Å². The number of ether oxygens (including phenoxy) is 1. The second kappa shape index (κ2) is 8.98. The maximum Gasteiger partial charge on any atom is 0.337 e. The van der Waals surface area contributed by atoms with Crippen LogP contribution in [0.4, 0.5) is 5.69 Å². The molecular formula is C19H24N2O5S. The van der Waals surface area contributed by atoms with Crippen molar-refractivity contribution in [3.63, 3.8) is 0 Å². The molecular weight excluding hydrogens is 368 g/mol. The molecule has 0 aromatic heterocycles. The average molecular weight is 392 g/mol. The van der Waals surface area contributed by atoms with Gasteiger partial charge in [-0.2, -0.15) is 0 Å². The molecule has 146 valence electrons. The van der Waals surface area contributed by atoms with Gasteiger partial charge in [0.25, 0.3) is 0 Å². The Morgan fingerprint density at radius 1 is 1.15 bits per heavy atom. The Balaban J connectivity index is 2.29. The van der Waals surface area contributed by atoms with E-state index in [1.165, 1.54) is 12.1 Å². The molecule has 0 radical (unpaired) electrons. The Bertz CT molecular complexity index is 884. The minimum absolute atomic E-state index is 0.104. The first-order valence-corrected chi connectivity index (χ1v) is 9.93. The van der Waals surface area contributed by atoms with Gasteiger partial charge >= 0.3 is 5.97 Å². The number of benzene rings is 2. The van der Waals surface area contributed by atoms with Crippen LogP contribution < -0.4 is 10.0 Å². The number of carboxylic acid groups (broad SMARTS) is 1. The summed E-state index contributed by atoms with van der Waals surface area (Å²) in [7, 11) is -2.34. The van der Waals surface area contributed by atoms with Crippen molar-refractivity contribution in [1.29, 1.82) is 0 Å². The molecule has 8 heteroatoms. The number of methoxy groups -OCH3 is 1. The highest BCUT2D eigenvalue weighted by molar-refractivity contribution is 7.89. The van der Waals surface area contributed by atoms with Gasteiger partial charge in [0.05, 0.1) is 17.1 Å². The van der Waals surface area contributed by atoms with Crippen LogP contribution in [0.15, 0.2) is 53.4 Å². The van der Waals surface area contributed by atoms with Gasteiger partial charge in [0.15, 0.2) is 0 Å². The van der Waals surface area contributed by atoms with Crippen molar-refractivity contribution < 1.29 is 23.1 Å². The third-order valence-corrected chi connectivity index (χ3v) is 5.52. The molecule has 0 amide bonds. The van der Waals surface area contributed by atoms with Crippen molar-refractivity contribution in [2.75, 3.05) is 19.0 Å². The van der Waals surface area contributed by atoms with Crippen molar-refractivity contribution >= 4 is 21.7 Å². The van der Waals surface area contributed by atoms with Gasteiger partial charge in [0, 0.05) is 24.9 Å². The van der Waals surface area contributed by atoms with E-state index in [-0.39, 0.29) is 16.5 Å². The lowest BCUT2D eigenvalue weighted by Gasteiger charge is -2.18. The molecule has 0 heterocycles. The van der Waals surface area contributed by atoms with Crippen molar-refractivity contribution in [1.82, 2.24) is 4.72 Å². The van der Waals surface area contributed by atoms with Gasteiger partial charge in [0.2, 0.25) is 10.0 Å². The predicted molar refractivity (Wildman–Crippen MR) is 104 cm³/mol. The van der Waals surface area contributed by atoms with E-state index in [2.05, 4.69) is 10.0 Å². The van der Waals surface area contributed by atoms with Gasteiger partial charge in [-0.05, 0) is 37.6 Å². The molecule has 27 heavy (non-hydrogen) atoms. The lowest BCUT2D eigenvalue weighted by atomic mass is 10.1. The highest BCUT2D eigenvalue weighted by atomic mass is 32.2. The largest absolute Gasteiger partial charge is 0.478 e. The molecule has 0 fully saturated rings. The van der Waals surface area contributed by atoms with Gasteiger partial charge in [-0.3, -0.25) is 0 Å². The number of rotatable bonds is 9. The summed E-state index contributed by atoms with van der Waals surface area (Å²) in [5, 5.41) is 12.5. The first kappa shape index (κ1) is 20.9. The molecule has 0 saturated carbocycles. The fraction of sp³-hybridized carbons (Fsp3) is 0.316. The molecule has 0 aliphatic rings. The number of carboxylic acids is 1. The minimum Gasteiger partial charge on any atom is -0.478 e. The Morgan fingerprint density at radius 2 is 1.81 bits per heavy atom. The Labute approximate surface area is 159 Å². The molecule has 0 spiro atoms. The van der Waals surface area contributed by atoms with Gasteiger partial charge in [0.1, 0.15) is 0 Å². The monoisotopic (exact) mass is 392 g/mol. The number of aromatic carboxylic acids is 1. The summed E-state index contributed by atoms with van der Waals surface area (Å²) >= 11 is 0. The third kappa shape index (κ3) is 5.53. The van der Waals surface area contributed by atoms with Crippen LogP contribution in [-0.2, 0) is 14.8 Å². The topological polar surface area (TPSA) is 105 Å².